The summed E-state index contributed by atoms with van der Waals surface area (Å²) in [6.07, 6.45) is 0.906. The minimum atomic E-state index is 0.276. The van der Waals surface area contributed by atoms with Crippen molar-refractivity contribution in [3.05, 3.63) is 58.7 Å². The number of aromatic amines is 1. The number of H-pyrrole nitrogens is 1. The van der Waals surface area contributed by atoms with Crippen molar-refractivity contribution in [2.75, 3.05) is 18.9 Å². The van der Waals surface area contributed by atoms with Crippen molar-refractivity contribution in [3.8, 4) is 10.6 Å². The molecule has 0 aliphatic rings. The van der Waals surface area contributed by atoms with Gasteiger partial charge in [-0.05, 0) is 56.3 Å². The first-order valence-electron chi connectivity index (χ1n) is 9.06. The second-order valence-electron chi connectivity index (χ2n) is 6.68. The number of aryl methyl sites for hydroxylation is 1. The molecule has 0 saturated carbocycles. The van der Waals surface area contributed by atoms with Crippen LogP contribution >= 0.6 is 22.9 Å². The Balaban J connectivity index is 1.42. The topological polar surface area (TPSA) is 78.5 Å². The molecular formula is C20H21ClN6S. The summed E-state index contributed by atoms with van der Waals surface area (Å²) in [6.45, 7) is 2.75. The third-order valence-electron chi connectivity index (χ3n) is 4.73. The number of benzene rings is 2. The van der Waals surface area contributed by atoms with Crippen LogP contribution in [0.25, 0.3) is 21.5 Å². The molecular weight excluding hydrogens is 392 g/mol. The quantitative estimate of drug-likeness (QED) is 0.422. The summed E-state index contributed by atoms with van der Waals surface area (Å²) < 4.78 is 0. The molecule has 0 spiro atoms. The standard InChI is InChI=1S/C20H21ClN6S/c1-12-17-10-14(5-8-18(17)25-24-12)19-26-27-20(28-19)23-11-16(22-2)9-13-3-6-15(21)7-4-13/h3-8,10,16,22H,9,11H2,1-2H3,(H,23,27)(H,24,25)/t16-/m0/s1. The SMILES string of the molecule is CN[C@H](CNc1nnc(-c2ccc3[nH]nc(C)c3c2)s1)Cc1ccc(Cl)cc1. The van der Waals surface area contributed by atoms with Crippen molar-refractivity contribution < 1.29 is 0 Å². The Hall–Kier alpha value is -2.48. The number of anilines is 1. The summed E-state index contributed by atoms with van der Waals surface area (Å²) >= 11 is 7.52. The van der Waals surface area contributed by atoms with Crippen molar-refractivity contribution in [1.82, 2.24) is 25.7 Å². The average Bonchev–Trinajstić information content (AvgIpc) is 3.33. The average molecular weight is 413 g/mol. The van der Waals surface area contributed by atoms with Gasteiger partial charge >= 0.3 is 0 Å². The Kier molecular flexibility index (Phi) is 5.57. The molecule has 0 aliphatic carbocycles. The second-order valence-corrected chi connectivity index (χ2v) is 8.09. The summed E-state index contributed by atoms with van der Waals surface area (Å²) in [7, 11) is 1.97. The molecule has 0 unspecified atom stereocenters. The van der Waals surface area contributed by atoms with Gasteiger partial charge in [0.15, 0.2) is 0 Å². The number of halogens is 1. The van der Waals surface area contributed by atoms with Crippen molar-refractivity contribution in [2.24, 2.45) is 0 Å². The van der Waals surface area contributed by atoms with E-state index in [-0.39, 0.29) is 6.04 Å². The van der Waals surface area contributed by atoms with Gasteiger partial charge < -0.3 is 10.6 Å². The molecule has 4 aromatic rings. The highest BCUT2D eigenvalue weighted by atomic mass is 35.5. The lowest BCUT2D eigenvalue weighted by molar-refractivity contribution is 0.583. The lowest BCUT2D eigenvalue weighted by atomic mass is 10.1. The fourth-order valence-corrected chi connectivity index (χ4v) is 3.95. The molecule has 1 atom stereocenters. The van der Waals surface area contributed by atoms with Crippen LogP contribution in [0.4, 0.5) is 5.13 Å². The van der Waals surface area contributed by atoms with Crippen LogP contribution < -0.4 is 10.6 Å². The van der Waals surface area contributed by atoms with Gasteiger partial charge in [0.2, 0.25) is 5.13 Å². The minimum absolute atomic E-state index is 0.276. The number of rotatable bonds is 7. The smallest absolute Gasteiger partial charge is 0.206 e. The van der Waals surface area contributed by atoms with Crippen molar-refractivity contribution in [3.63, 3.8) is 0 Å². The number of nitrogens with one attached hydrogen (secondary N) is 3. The van der Waals surface area contributed by atoms with E-state index in [0.29, 0.717) is 0 Å². The fourth-order valence-electron chi connectivity index (χ4n) is 3.08. The third kappa shape index (κ3) is 4.16. The number of aromatic nitrogens is 4. The highest BCUT2D eigenvalue weighted by Gasteiger charge is 2.12. The van der Waals surface area contributed by atoms with Crippen LogP contribution in [0.1, 0.15) is 11.3 Å². The zero-order valence-electron chi connectivity index (χ0n) is 15.7. The number of fused-ring (bicyclic) bond motifs is 1. The van der Waals surface area contributed by atoms with E-state index in [9.17, 15) is 0 Å². The van der Waals surface area contributed by atoms with Gasteiger partial charge in [-0.15, -0.1) is 10.2 Å². The summed E-state index contributed by atoms with van der Waals surface area (Å²) in [4.78, 5) is 0. The zero-order chi connectivity index (χ0) is 19.5. The Morgan fingerprint density at radius 2 is 1.96 bits per heavy atom. The number of nitrogens with zero attached hydrogens (tertiary/aromatic N) is 3. The van der Waals surface area contributed by atoms with Crippen LogP contribution in [0, 0.1) is 6.92 Å². The van der Waals surface area contributed by atoms with Gasteiger partial charge in [-0.2, -0.15) is 5.10 Å². The maximum atomic E-state index is 5.96. The monoisotopic (exact) mass is 412 g/mol. The first-order chi connectivity index (χ1) is 13.6. The highest BCUT2D eigenvalue weighted by Crippen LogP contribution is 2.29. The fraction of sp³-hybridized carbons (Fsp3) is 0.250. The molecule has 8 heteroatoms. The zero-order valence-corrected chi connectivity index (χ0v) is 17.2. The molecule has 4 rings (SSSR count). The molecule has 0 bridgehead atoms. The van der Waals surface area contributed by atoms with Gasteiger partial charge in [-0.1, -0.05) is 35.1 Å². The molecule has 28 heavy (non-hydrogen) atoms. The van der Waals surface area contributed by atoms with E-state index in [1.54, 1.807) is 11.3 Å². The Labute approximate surface area is 172 Å². The maximum absolute atomic E-state index is 5.96. The van der Waals surface area contributed by atoms with Crippen molar-refractivity contribution in [1.29, 1.82) is 0 Å². The summed E-state index contributed by atoms with van der Waals surface area (Å²) in [5, 5.41) is 26.2. The molecule has 0 radical (unpaired) electrons. The van der Waals surface area contributed by atoms with E-state index in [4.69, 9.17) is 11.6 Å². The predicted molar refractivity (Wildman–Crippen MR) is 116 cm³/mol. The molecule has 144 valence electrons. The molecule has 6 nitrogen and oxygen atoms in total. The summed E-state index contributed by atoms with van der Waals surface area (Å²) in [5.41, 5.74) is 4.31. The number of hydrogen-bond donors (Lipinski definition) is 3. The first-order valence-corrected chi connectivity index (χ1v) is 10.3. The number of likely N-dealkylation sites (N-methyl/N-ethyl adjacent to an activating group) is 1. The molecule has 2 aromatic carbocycles. The largest absolute Gasteiger partial charge is 0.358 e. The molecule has 0 saturated heterocycles. The molecule has 0 aliphatic heterocycles. The van der Waals surface area contributed by atoms with Gasteiger partial charge in [0.1, 0.15) is 5.01 Å². The lowest BCUT2D eigenvalue weighted by Crippen LogP contribution is -2.34. The van der Waals surface area contributed by atoms with Gasteiger partial charge in [0.25, 0.3) is 0 Å². The van der Waals surface area contributed by atoms with Crippen LogP contribution in [-0.2, 0) is 6.42 Å². The van der Waals surface area contributed by atoms with Gasteiger partial charge in [-0.3, -0.25) is 5.10 Å². The molecule has 2 heterocycles. The van der Waals surface area contributed by atoms with Gasteiger partial charge in [0.05, 0.1) is 11.2 Å². The normalized spacial score (nSPS) is 12.4. The lowest BCUT2D eigenvalue weighted by Gasteiger charge is -2.16. The van der Waals surface area contributed by atoms with E-state index in [1.807, 2.05) is 38.2 Å². The minimum Gasteiger partial charge on any atom is -0.358 e. The second kappa shape index (κ2) is 8.26. The van der Waals surface area contributed by atoms with Crippen LogP contribution in [0.3, 0.4) is 0 Å². The van der Waals surface area contributed by atoms with Crippen molar-refractivity contribution in [2.45, 2.75) is 19.4 Å². The Bertz CT molecular complexity index is 1070. The van der Waals surface area contributed by atoms with E-state index in [2.05, 4.69) is 49.2 Å². The third-order valence-corrected chi connectivity index (χ3v) is 5.91. The van der Waals surface area contributed by atoms with E-state index in [1.165, 1.54) is 5.56 Å². The highest BCUT2D eigenvalue weighted by molar-refractivity contribution is 7.18. The van der Waals surface area contributed by atoms with Gasteiger partial charge in [-0.25, -0.2) is 0 Å². The summed E-state index contributed by atoms with van der Waals surface area (Å²) in [6, 6.07) is 14.4. The van der Waals surface area contributed by atoms with E-state index in [0.717, 1.165) is 50.3 Å². The van der Waals surface area contributed by atoms with Crippen molar-refractivity contribution >= 4 is 39.0 Å². The Morgan fingerprint density at radius 1 is 1.14 bits per heavy atom. The summed E-state index contributed by atoms with van der Waals surface area (Å²) in [5.74, 6) is 0. The molecule has 3 N–H and O–H groups in total. The van der Waals surface area contributed by atoms with E-state index >= 15 is 0 Å². The van der Waals surface area contributed by atoms with Crippen LogP contribution in [0.15, 0.2) is 42.5 Å². The van der Waals surface area contributed by atoms with Crippen LogP contribution in [0.5, 0.6) is 0 Å². The predicted octanol–water partition coefficient (Wildman–Crippen LogP) is 4.29. The van der Waals surface area contributed by atoms with Gasteiger partial charge in [0, 0.05) is 28.6 Å². The van der Waals surface area contributed by atoms with Crippen LogP contribution in [-0.4, -0.2) is 40.0 Å². The molecule has 0 fully saturated rings. The molecule has 2 aromatic heterocycles. The first kappa shape index (κ1) is 18.9. The number of hydrogen-bond acceptors (Lipinski definition) is 6. The Morgan fingerprint density at radius 3 is 2.75 bits per heavy atom. The van der Waals surface area contributed by atoms with E-state index < -0.39 is 0 Å². The molecule has 0 amide bonds. The van der Waals surface area contributed by atoms with Crippen LogP contribution in [0.2, 0.25) is 5.02 Å². The maximum Gasteiger partial charge on any atom is 0.206 e.